The lowest BCUT2D eigenvalue weighted by Gasteiger charge is -2.07. The molecule has 7 nitrogen and oxygen atoms in total. The summed E-state index contributed by atoms with van der Waals surface area (Å²) in [6.07, 6.45) is 0. The number of fused-ring (bicyclic) bond motifs is 1. The smallest absolute Gasteiger partial charge is 0.270 e. The molecule has 8 heteroatoms. The lowest BCUT2D eigenvalue weighted by Crippen LogP contribution is -2.12. The standard InChI is InChI=1S/C23H18ClN3O4/c1-13(2)14-6-9-21-20(11-14)26-23(31-21)15-4-3-5-16(10-15)25-22(28)18-8-7-17(27(29)30)12-19(18)24/h3-13H,1-2H3,(H,25,28). The summed E-state index contributed by atoms with van der Waals surface area (Å²) < 4.78 is 5.88. The summed E-state index contributed by atoms with van der Waals surface area (Å²) in [7, 11) is 0. The van der Waals surface area contributed by atoms with Crippen molar-refractivity contribution in [1.29, 1.82) is 0 Å². The fourth-order valence-corrected chi connectivity index (χ4v) is 3.42. The Balaban J connectivity index is 1.59. The highest BCUT2D eigenvalue weighted by molar-refractivity contribution is 6.34. The SMILES string of the molecule is CC(C)c1ccc2oc(-c3cccc(NC(=O)c4ccc([N+](=O)[O-])cc4Cl)c3)nc2c1. The average molecular weight is 436 g/mol. The van der Waals surface area contributed by atoms with Gasteiger partial charge >= 0.3 is 0 Å². The van der Waals surface area contributed by atoms with Crippen LogP contribution in [-0.2, 0) is 0 Å². The Kier molecular flexibility index (Phi) is 5.44. The van der Waals surface area contributed by atoms with Gasteiger partial charge < -0.3 is 9.73 Å². The number of halogens is 1. The molecular formula is C23H18ClN3O4. The van der Waals surface area contributed by atoms with E-state index in [9.17, 15) is 14.9 Å². The summed E-state index contributed by atoms with van der Waals surface area (Å²) in [5.74, 6) is 0.353. The van der Waals surface area contributed by atoms with Crippen molar-refractivity contribution in [2.24, 2.45) is 0 Å². The lowest BCUT2D eigenvalue weighted by atomic mass is 10.0. The zero-order chi connectivity index (χ0) is 22.1. The summed E-state index contributed by atoms with van der Waals surface area (Å²) in [6.45, 7) is 4.23. The van der Waals surface area contributed by atoms with E-state index in [1.165, 1.54) is 17.7 Å². The van der Waals surface area contributed by atoms with Crippen LogP contribution in [0.1, 0.15) is 35.7 Å². The molecule has 0 fully saturated rings. The first-order valence-electron chi connectivity index (χ1n) is 9.58. The first kappa shape index (κ1) is 20.6. The molecule has 0 radical (unpaired) electrons. The lowest BCUT2D eigenvalue weighted by molar-refractivity contribution is -0.384. The first-order chi connectivity index (χ1) is 14.8. The van der Waals surface area contributed by atoms with Crippen LogP contribution in [0.5, 0.6) is 0 Å². The summed E-state index contributed by atoms with van der Waals surface area (Å²) in [5, 5.41) is 13.6. The minimum Gasteiger partial charge on any atom is -0.436 e. The number of amides is 1. The van der Waals surface area contributed by atoms with Gasteiger partial charge in [0.1, 0.15) is 5.52 Å². The summed E-state index contributed by atoms with van der Waals surface area (Å²) in [6, 6.07) is 16.7. The predicted octanol–water partition coefficient (Wildman–Crippen LogP) is 6.43. The number of carbonyl (C=O) groups is 1. The van der Waals surface area contributed by atoms with Crippen molar-refractivity contribution in [2.75, 3.05) is 5.32 Å². The van der Waals surface area contributed by atoms with Gasteiger partial charge in [-0.05, 0) is 47.9 Å². The van der Waals surface area contributed by atoms with Crippen molar-refractivity contribution < 1.29 is 14.1 Å². The average Bonchev–Trinajstić information content (AvgIpc) is 3.17. The van der Waals surface area contributed by atoms with Gasteiger partial charge in [0.05, 0.1) is 15.5 Å². The number of rotatable bonds is 5. The highest BCUT2D eigenvalue weighted by atomic mass is 35.5. The Morgan fingerprint density at radius 2 is 1.94 bits per heavy atom. The summed E-state index contributed by atoms with van der Waals surface area (Å²) >= 11 is 6.05. The van der Waals surface area contributed by atoms with Crippen LogP contribution >= 0.6 is 11.6 Å². The van der Waals surface area contributed by atoms with Crippen LogP contribution < -0.4 is 5.32 Å². The van der Waals surface area contributed by atoms with Gasteiger partial charge in [-0.25, -0.2) is 4.98 Å². The molecule has 1 N–H and O–H groups in total. The van der Waals surface area contributed by atoms with E-state index in [1.807, 2.05) is 24.3 Å². The number of anilines is 1. The van der Waals surface area contributed by atoms with E-state index in [4.69, 9.17) is 16.0 Å². The second-order valence-corrected chi connectivity index (χ2v) is 7.76. The number of hydrogen-bond acceptors (Lipinski definition) is 5. The summed E-state index contributed by atoms with van der Waals surface area (Å²) in [4.78, 5) is 27.5. The molecule has 0 bridgehead atoms. The third-order valence-electron chi connectivity index (χ3n) is 4.85. The van der Waals surface area contributed by atoms with E-state index >= 15 is 0 Å². The topological polar surface area (TPSA) is 98.3 Å². The van der Waals surface area contributed by atoms with E-state index in [0.717, 1.165) is 11.6 Å². The van der Waals surface area contributed by atoms with Gasteiger partial charge in [-0.1, -0.05) is 37.6 Å². The second kappa shape index (κ2) is 8.20. The van der Waals surface area contributed by atoms with E-state index < -0.39 is 10.8 Å². The van der Waals surface area contributed by atoms with Gasteiger partial charge in [0, 0.05) is 23.4 Å². The van der Waals surface area contributed by atoms with Crippen molar-refractivity contribution in [2.45, 2.75) is 19.8 Å². The molecule has 156 valence electrons. The van der Waals surface area contributed by atoms with Crippen molar-refractivity contribution in [1.82, 2.24) is 4.98 Å². The molecule has 0 saturated carbocycles. The Morgan fingerprint density at radius 3 is 2.65 bits per heavy atom. The molecule has 3 aromatic carbocycles. The third-order valence-corrected chi connectivity index (χ3v) is 5.17. The largest absolute Gasteiger partial charge is 0.436 e. The first-order valence-corrected chi connectivity index (χ1v) is 9.96. The molecule has 0 saturated heterocycles. The number of benzene rings is 3. The van der Waals surface area contributed by atoms with Crippen LogP contribution in [0.2, 0.25) is 5.02 Å². The maximum atomic E-state index is 12.6. The Labute approximate surface area is 182 Å². The predicted molar refractivity (Wildman–Crippen MR) is 120 cm³/mol. The Morgan fingerprint density at radius 1 is 1.13 bits per heavy atom. The van der Waals surface area contributed by atoms with E-state index in [1.54, 1.807) is 18.2 Å². The Hall–Kier alpha value is -3.71. The van der Waals surface area contributed by atoms with Gasteiger partial charge in [-0.3, -0.25) is 14.9 Å². The van der Waals surface area contributed by atoms with Crippen molar-refractivity contribution >= 4 is 40.0 Å². The fourth-order valence-electron chi connectivity index (χ4n) is 3.16. The molecule has 1 aromatic heterocycles. The Bertz CT molecular complexity index is 1310. The molecule has 0 unspecified atom stereocenters. The molecule has 1 heterocycles. The van der Waals surface area contributed by atoms with Crippen LogP contribution in [0.15, 0.2) is 65.1 Å². The highest BCUT2D eigenvalue weighted by Gasteiger charge is 2.16. The number of oxazole rings is 1. The number of nitro benzene ring substituents is 1. The molecule has 0 aliphatic heterocycles. The van der Waals surface area contributed by atoms with Crippen molar-refractivity contribution in [3.8, 4) is 11.5 Å². The minimum absolute atomic E-state index is 0.00256. The maximum absolute atomic E-state index is 12.6. The molecule has 31 heavy (non-hydrogen) atoms. The molecule has 4 aromatic rings. The van der Waals surface area contributed by atoms with Crippen LogP contribution in [0.25, 0.3) is 22.6 Å². The van der Waals surface area contributed by atoms with Crippen LogP contribution in [0.4, 0.5) is 11.4 Å². The van der Waals surface area contributed by atoms with E-state index in [0.29, 0.717) is 28.6 Å². The molecule has 0 spiro atoms. The number of nitro groups is 1. The second-order valence-electron chi connectivity index (χ2n) is 7.36. The van der Waals surface area contributed by atoms with E-state index in [2.05, 4.69) is 24.1 Å². The number of nitrogens with zero attached hydrogens (tertiary/aromatic N) is 2. The van der Waals surface area contributed by atoms with Crippen LogP contribution in [0, 0.1) is 10.1 Å². The fraction of sp³-hybridized carbons (Fsp3) is 0.130. The highest BCUT2D eigenvalue weighted by Crippen LogP contribution is 2.29. The van der Waals surface area contributed by atoms with Crippen LogP contribution in [0.3, 0.4) is 0 Å². The number of hydrogen-bond donors (Lipinski definition) is 1. The quantitative estimate of drug-likeness (QED) is 0.287. The monoisotopic (exact) mass is 435 g/mol. The third kappa shape index (κ3) is 4.27. The molecule has 0 aliphatic carbocycles. The number of non-ortho nitro benzene ring substituents is 1. The van der Waals surface area contributed by atoms with Crippen molar-refractivity contribution in [3.63, 3.8) is 0 Å². The van der Waals surface area contributed by atoms with Gasteiger partial charge in [-0.2, -0.15) is 0 Å². The zero-order valence-electron chi connectivity index (χ0n) is 16.8. The molecule has 4 rings (SSSR count). The van der Waals surface area contributed by atoms with Gasteiger partial charge in [-0.15, -0.1) is 0 Å². The summed E-state index contributed by atoms with van der Waals surface area (Å²) in [5.41, 5.74) is 3.81. The molecule has 1 amide bonds. The number of carbonyl (C=O) groups excluding carboxylic acids is 1. The van der Waals surface area contributed by atoms with Gasteiger partial charge in [0.25, 0.3) is 11.6 Å². The maximum Gasteiger partial charge on any atom is 0.270 e. The molecular weight excluding hydrogens is 418 g/mol. The number of nitrogens with one attached hydrogen (secondary N) is 1. The normalized spacial score (nSPS) is 11.1. The van der Waals surface area contributed by atoms with E-state index in [-0.39, 0.29) is 16.3 Å². The van der Waals surface area contributed by atoms with Crippen LogP contribution in [-0.4, -0.2) is 15.8 Å². The number of aromatic nitrogens is 1. The molecule has 0 atom stereocenters. The van der Waals surface area contributed by atoms with Gasteiger partial charge in [0.2, 0.25) is 5.89 Å². The van der Waals surface area contributed by atoms with Crippen molar-refractivity contribution in [3.05, 3.63) is 86.9 Å². The molecule has 0 aliphatic rings. The zero-order valence-corrected chi connectivity index (χ0v) is 17.5. The minimum atomic E-state index is -0.568. The van der Waals surface area contributed by atoms with Gasteiger partial charge in [0.15, 0.2) is 5.58 Å².